The van der Waals surface area contributed by atoms with Gasteiger partial charge in [0, 0.05) is 12.6 Å². The molecule has 1 saturated carbocycles. The highest BCUT2D eigenvalue weighted by Crippen LogP contribution is 2.18. The van der Waals surface area contributed by atoms with Crippen LogP contribution in [-0.4, -0.2) is 53.6 Å². The molecule has 2 N–H and O–H groups in total. The fraction of sp³-hybridized carbons (Fsp3) is 0.750. The summed E-state index contributed by atoms with van der Waals surface area (Å²) in [5, 5.41) is 5.29. The Kier molecular flexibility index (Phi) is 7.71. The zero-order chi connectivity index (χ0) is 17.4. The summed E-state index contributed by atoms with van der Waals surface area (Å²) in [5.74, 6) is -1.65. The molecule has 0 saturated heterocycles. The van der Waals surface area contributed by atoms with E-state index in [4.69, 9.17) is 0 Å². The molecule has 0 radical (unpaired) electrons. The van der Waals surface area contributed by atoms with Gasteiger partial charge in [-0.25, -0.2) is 0 Å². The predicted octanol–water partition coefficient (Wildman–Crippen LogP) is 0.376. The average molecular weight is 325 g/mol. The Morgan fingerprint density at radius 1 is 1.22 bits per heavy atom. The minimum atomic E-state index is -0.842. The number of hydrogen-bond acceptors (Lipinski definition) is 4. The van der Waals surface area contributed by atoms with Crippen LogP contribution in [0.2, 0.25) is 0 Å². The van der Waals surface area contributed by atoms with Crippen LogP contribution in [0.3, 0.4) is 0 Å². The van der Waals surface area contributed by atoms with Crippen molar-refractivity contribution in [2.24, 2.45) is 0 Å². The fourth-order valence-electron chi connectivity index (χ4n) is 2.41. The van der Waals surface area contributed by atoms with Crippen LogP contribution >= 0.6 is 0 Å². The Hall–Kier alpha value is -1.92. The standard InChI is InChI=1S/C16H27N3O4/c1-4-7-12(14(21)16(23)17-11-8-9-11)18-15(22)13(5-2)19(6-3)10-20/h10-13H,4-9H2,1-3H3,(H,17,23)(H,18,22)/t12-,13?/m1/s1. The third-order valence-corrected chi connectivity index (χ3v) is 3.94. The predicted molar refractivity (Wildman–Crippen MR) is 85.5 cm³/mol. The number of ketones is 1. The number of rotatable bonds is 11. The summed E-state index contributed by atoms with van der Waals surface area (Å²) in [6, 6.07) is -1.37. The van der Waals surface area contributed by atoms with Gasteiger partial charge in [-0.15, -0.1) is 0 Å². The van der Waals surface area contributed by atoms with Crippen LogP contribution in [0.25, 0.3) is 0 Å². The first-order valence-corrected chi connectivity index (χ1v) is 8.34. The largest absolute Gasteiger partial charge is 0.347 e. The van der Waals surface area contributed by atoms with Crippen molar-refractivity contribution in [1.29, 1.82) is 0 Å². The summed E-state index contributed by atoms with van der Waals surface area (Å²) >= 11 is 0. The molecular formula is C16H27N3O4. The summed E-state index contributed by atoms with van der Waals surface area (Å²) in [7, 11) is 0. The number of hydrogen-bond donors (Lipinski definition) is 2. The Morgan fingerprint density at radius 2 is 1.87 bits per heavy atom. The van der Waals surface area contributed by atoms with Gasteiger partial charge in [-0.1, -0.05) is 20.3 Å². The molecule has 0 heterocycles. The van der Waals surface area contributed by atoms with Gasteiger partial charge in [-0.3, -0.25) is 19.2 Å². The van der Waals surface area contributed by atoms with Gasteiger partial charge in [-0.05, 0) is 32.6 Å². The summed E-state index contributed by atoms with van der Waals surface area (Å²) in [6.45, 7) is 5.87. The second-order valence-corrected chi connectivity index (χ2v) is 5.82. The van der Waals surface area contributed by atoms with Crippen LogP contribution in [0.5, 0.6) is 0 Å². The van der Waals surface area contributed by atoms with Crippen molar-refractivity contribution in [2.75, 3.05) is 6.54 Å². The lowest BCUT2D eigenvalue weighted by Gasteiger charge is -2.27. The van der Waals surface area contributed by atoms with Gasteiger partial charge in [0.25, 0.3) is 5.91 Å². The van der Waals surface area contributed by atoms with Gasteiger partial charge in [0.2, 0.25) is 18.1 Å². The molecule has 23 heavy (non-hydrogen) atoms. The molecule has 1 unspecified atom stereocenters. The lowest BCUT2D eigenvalue weighted by Crippen LogP contribution is -2.53. The van der Waals surface area contributed by atoms with Gasteiger partial charge in [0.1, 0.15) is 6.04 Å². The maximum absolute atomic E-state index is 12.4. The maximum atomic E-state index is 12.4. The van der Waals surface area contributed by atoms with Crippen molar-refractivity contribution >= 4 is 24.0 Å². The van der Waals surface area contributed by atoms with E-state index in [0.29, 0.717) is 32.2 Å². The van der Waals surface area contributed by atoms with E-state index in [-0.39, 0.29) is 6.04 Å². The molecule has 130 valence electrons. The molecule has 0 aromatic rings. The molecule has 1 fully saturated rings. The molecule has 0 aromatic heterocycles. The quantitative estimate of drug-likeness (QED) is 0.424. The number of likely N-dealkylation sites (N-methyl/N-ethyl adjacent to an activating group) is 1. The summed E-state index contributed by atoms with van der Waals surface area (Å²) in [5.41, 5.74) is 0. The van der Waals surface area contributed by atoms with Crippen molar-refractivity contribution in [3.05, 3.63) is 0 Å². The fourth-order valence-corrected chi connectivity index (χ4v) is 2.41. The second-order valence-electron chi connectivity index (χ2n) is 5.82. The van der Waals surface area contributed by atoms with Gasteiger partial charge in [-0.2, -0.15) is 0 Å². The lowest BCUT2D eigenvalue weighted by molar-refractivity contribution is -0.141. The number of Topliss-reactive ketones (excluding diaryl/α,β-unsaturated/α-hetero) is 1. The Balaban J connectivity index is 2.71. The van der Waals surface area contributed by atoms with Crippen molar-refractivity contribution < 1.29 is 19.2 Å². The number of nitrogens with zero attached hydrogens (tertiary/aromatic N) is 1. The van der Waals surface area contributed by atoms with Crippen LogP contribution in [-0.2, 0) is 19.2 Å². The SMILES string of the molecule is CCC[C@@H](NC(=O)C(CC)N(C=O)CC)C(=O)C(=O)NC1CC1. The van der Waals surface area contributed by atoms with E-state index < -0.39 is 29.7 Å². The van der Waals surface area contributed by atoms with Crippen LogP contribution in [0.15, 0.2) is 0 Å². The third-order valence-electron chi connectivity index (χ3n) is 3.94. The molecule has 0 aromatic carbocycles. The van der Waals surface area contributed by atoms with E-state index in [1.165, 1.54) is 4.90 Å². The molecule has 0 aliphatic heterocycles. The van der Waals surface area contributed by atoms with E-state index in [1.54, 1.807) is 13.8 Å². The number of carbonyl (C=O) groups excluding carboxylic acids is 4. The summed E-state index contributed by atoms with van der Waals surface area (Å²) in [4.78, 5) is 48.9. The van der Waals surface area contributed by atoms with Crippen molar-refractivity contribution in [3.8, 4) is 0 Å². The molecular weight excluding hydrogens is 298 g/mol. The van der Waals surface area contributed by atoms with E-state index >= 15 is 0 Å². The monoisotopic (exact) mass is 325 g/mol. The van der Waals surface area contributed by atoms with Crippen LogP contribution in [0.4, 0.5) is 0 Å². The van der Waals surface area contributed by atoms with Gasteiger partial charge >= 0.3 is 0 Å². The smallest absolute Gasteiger partial charge is 0.289 e. The average Bonchev–Trinajstić information content (AvgIpc) is 3.34. The Bertz CT molecular complexity index is 449. The normalized spacial score (nSPS) is 16.1. The van der Waals surface area contributed by atoms with Crippen LogP contribution in [0, 0.1) is 0 Å². The van der Waals surface area contributed by atoms with Crippen molar-refractivity contribution in [1.82, 2.24) is 15.5 Å². The molecule has 1 aliphatic rings. The minimum absolute atomic E-state index is 0.0958. The summed E-state index contributed by atoms with van der Waals surface area (Å²) < 4.78 is 0. The van der Waals surface area contributed by atoms with E-state index in [1.807, 2.05) is 6.92 Å². The van der Waals surface area contributed by atoms with Crippen molar-refractivity contribution in [2.45, 2.75) is 71.0 Å². The molecule has 1 aliphatic carbocycles. The molecule has 0 spiro atoms. The third kappa shape index (κ3) is 5.65. The summed E-state index contributed by atoms with van der Waals surface area (Å²) in [6.07, 6.45) is 3.92. The van der Waals surface area contributed by atoms with Gasteiger partial charge in [0.15, 0.2) is 0 Å². The van der Waals surface area contributed by atoms with Gasteiger partial charge in [0.05, 0.1) is 6.04 Å². The Labute approximate surface area is 137 Å². The molecule has 7 heteroatoms. The van der Waals surface area contributed by atoms with Crippen LogP contribution in [0.1, 0.15) is 52.9 Å². The zero-order valence-corrected chi connectivity index (χ0v) is 14.1. The zero-order valence-electron chi connectivity index (χ0n) is 14.1. The molecule has 0 bridgehead atoms. The molecule has 7 nitrogen and oxygen atoms in total. The first-order valence-electron chi connectivity index (χ1n) is 8.34. The highest BCUT2D eigenvalue weighted by molar-refractivity contribution is 6.38. The van der Waals surface area contributed by atoms with Crippen molar-refractivity contribution in [3.63, 3.8) is 0 Å². The number of nitrogens with one attached hydrogen (secondary N) is 2. The lowest BCUT2D eigenvalue weighted by atomic mass is 10.0. The Morgan fingerprint density at radius 3 is 2.30 bits per heavy atom. The molecule has 1 rings (SSSR count). The van der Waals surface area contributed by atoms with E-state index in [9.17, 15) is 19.2 Å². The van der Waals surface area contributed by atoms with Gasteiger partial charge < -0.3 is 15.5 Å². The molecule has 3 amide bonds. The maximum Gasteiger partial charge on any atom is 0.289 e. The van der Waals surface area contributed by atoms with Crippen LogP contribution < -0.4 is 10.6 Å². The first kappa shape index (κ1) is 19.1. The van der Waals surface area contributed by atoms with E-state index in [2.05, 4.69) is 10.6 Å². The highest BCUT2D eigenvalue weighted by Gasteiger charge is 2.32. The minimum Gasteiger partial charge on any atom is -0.347 e. The topological polar surface area (TPSA) is 95.6 Å². The second kappa shape index (κ2) is 9.27. The molecule has 2 atom stereocenters. The number of carbonyl (C=O) groups is 4. The first-order chi connectivity index (χ1) is 11.0. The van der Waals surface area contributed by atoms with E-state index in [0.717, 1.165) is 12.8 Å². The highest BCUT2D eigenvalue weighted by atomic mass is 16.2. The number of amides is 3.